The monoisotopic (exact) mass is 390 g/mol. The van der Waals surface area contributed by atoms with Crippen molar-refractivity contribution in [3.8, 4) is 0 Å². The molecule has 3 fully saturated rings. The maximum atomic E-state index is 13.6. The van der Waals surface area contributed by atoms with Gasteiger partial charge in [0.1, 0.15) is 0 Å². The zero-order chi connectivity index (χ0) is 20.3. The second-order valence-corrected chi connectivity index (χ2v) is 14.4. The summed E-state index contributed by atoms with van der Waals surface area (Å²) in [6.07, 6.45) is 1.33. The van der Waals surface area contributed by atoms with Crippen molar-refractivity contribution in [3.63, 3.8) is 0 Å². The summed E-state index contributed by atoms with van der Waals surface area (Å²) in [6.45, 7) is 21.7. The average Bonchev–Trinajstić information content (AvgIpc) is 2.77. The summed E-state index contributed by atoms with van der Waals surface area (Å²) in [5.41, 5.74) is -3.21. The van der Waals surface area contributed by atoms with E-state index in [0.717, 1.165) is 11.5 Å². The molecule has 0 saturated carbocycles. The van der Waals surface area contributed by atoms with Crippen LogP contribution >= 0.6 is 7.51 Å². The fourth-order valence-corrected chi connectivity index (χ4v) is 10.3. The van der Waals surface area contributed by atoms with Crippen LogP contribution in [0, 0.1) is 5.21 Å². The summed E-state index contributed by atoms with van der Waals surface area (Å²) in [5, 5.41) is 13.7. The Balaban J connectivity index is 2.29. The van der Waals surface area contributed by atoms with Crippen LogP contribution in [0.1, 0.15) is 89.0 Å². The van der Waals surface area contributed by atoms with Crippen LogP contribution in [0.5, 0.6) is 0 Å². The number of hydrogen-bond donors (Lipinski definition) is 0. The second-order valence-electron chi connectivity index (χ2n) is 11.0. The number of rotatable bonds is 1. The Kier molecular flexibility index (Phi) is 3.89. The van der Waals surface area contributed by atoms with E-state index in [-0.39, 0.29) is 0 Å². The number of nitrogens with zero attached hydrogens (tertiary/aromatic N) is 1. The normalized spacial score (nSPS) is 42.5. The first-order valence-corrected chi connectivity index (χ1v) is 11.5. The van der Waals surface area contributed by atoms with E-state index in [1.54, 1.807) is 0 Å². The zero-order valence-electron chi connectivity index (χ0n) is 18.3. The molecule has 3 aliphatic heterocycles. The Morgan fingerprint density at radius 3 is 1.15 bits per heavy atom. The minimum absolute atomic E-state index is 0.533. The quantitative estimate of drug-likeness (QED) is 0.344. The van der Waals surface area contributed by atoms with Crippen molar-refractivity contribution >= 4 is 7.51 Å². The Bertz CT molecular complexity index is 566. The molecule has 153 valence electrons. The van der Waals surface area contributed by atoms with Gasteiger partial charge in [0.2, 0.25) is 0 Å². The van der Waals surface area contributed by atoms with Gasteiger partial charge in [0, 0.05) is 0 Å². The van der Waals surface area contributed by atoms with Crippen LogP contribution in [-0.4, -0.2) is 33.2 Å². The van der Waals surface area contributed by atoms with Crippen LogP contribution in [0.15, 0.2) is 0 Å². The van der Waals surface area contributed by atoms with Gasteiger partial charge < -0.3 is 0 Å². The SMILES string of the molecule is CC1(C)CCC(C)(P23(OC(C)(C)C(C)(C)O2)OC(C)(C)C(C)(C)O3)[N+]1[O-]. The fraction of sp³-hybridized carbons (Fsp3) is 1.00. The summed E-state index contributed by atoms with van der Waals surface area (Å²) in [7, 11) is -4.30. The average molecular weight is 390 g/mol. The van der Waals surface area contributed by atoms with Gasteiger partial charge in [-0.3, -0.25) is 0 Å². The molecule has 3 rings (SSSR count). The molecule has 3 aliphatic rings. The first kappa shape index (κ1) is 20.9. The van der Waals surface area contributed by atoms with Crippen LogP contribution in [0.25, 0.3) is 0 Å². The predicted molar refractivity (Wildman–Crippen MR) is 105 cm³/mol. The molecule has 0 aromatic carbocycles. The van der Waals surface area contributed by atoms with E-state index in [4.69, 9.17) is 18.1 Å². The van der Waals surface area contributed by atoms with Crippen molar-refractivity contribution in [1.29, 1.82) is 0 Å². The summed E-state index contributed by atoms with van der Waals surface area (Å²) in [4.78, 5) is 0. The van der Waals surface area contributed by atoms with Gasteiger partial charge in [0.15, 0.2) is 0 Å². The molecular weight excluding hydrogens is 353 g/mol. The van der Waals surface area contributed by atoms with E-state index in [2.05, 4.69) is 0 Å². The molecule has 26 heavy (non-hydrogen) atoms. The number of hydroxylamine groups is 2. The molecule has 0 aromatic heterocycles. The molecule has 0 aliphatic carbocycles. The molecule has 6 nitrogen and oxygen atoms in total. The first-order chi connectivity index (χ1) is 11.3. The van der Waals surface area contributed by atoms with Crippen LogP contribution in [0.2, 0.25) is 0 Å². The van der Waals surface area contributed by atoms with Gasteiger partial charge in [-0.05, 0) is 0 Å². The van der Waals surface area contributed by atoms with Crippen molar-refractivity contribution in [1.82, 2.24) is 5.06 Å². The third kappa shape index (κ3) is 2.18. The van der Waals surface area contributed by atoms with Crippen molar-refractivity contribution in [2.24, 2.45) is 0 Å². The molecule has 0 bridgehead atoms. The molecule has 7 heteroatoms. The van der Waals surface area contributed by atoms with Gasteiger partial charge in [-0.15, -0.1) is 0 Å². The molecule has 0 amide bonds. The Hall–Kier alpha value is 0.190. The van der Waals surface area contributed by atoms with Gasteiger partial charge in [0.05, 0.1) is 0 Å². The molecule has 0 aromatic rings. The molecular formula is C19H37NO5P. The van der Waals surface area contributed by atoms with E-state index in [9.17, 15) is 5.21 Å². The standard InChI is InChI=1S/C19H37NO5P/c1-14(2)12-13-19(11,20(14)21)26(22-15(3,4)16(5,6)23-26)24-17(7,8)18(9,10)25-26/h12-13H2,1-11H3. The van der Waals surface area contributed by atoms with E-state index < -0.39 is 40.7 Å². The molecule has 1 spiro atoms. The van der Waals surface area contributed by atoms with Crippen LogP contribution < -0.4 is 5.06 Å². The van der Waals surface area contributed by atoms with Gasteiger partial charge >= 0.3 is 158 Å². The minimum atomic E-state index is -4.30. The second kappa shape index (κ2) is 4.84. The van der Waals surface area contributed by atoms with Crippen LogP contribution in [0.3, 0.4) is 0 Å². The number of hydrogen-bond acceptors (Lipinski definition) is 6. The molecule has 1 atom stereocenters. The van der Waals surface area contributed by atoms with E-state index in [1.165, 1.54) is 0 Å². The Morgan fingerprint density at radius 2 is 0.923 bits per heavy atom. The Morgan fingerprint density at radius 1 is 0.615 bits per heavy atom. The summed E-state index contributed by atoms with van der Waals surface area (Å²) < 4.78 is 27.0. The fourth-order valence-electron chi connectivity index (χ4n) is 4.25. The summed E-state index contributed by atoms with van der Waals surface area (Å²) in [5.74, 6) is 0. The maximum absolute atomic E-state index is 13.6. The van der Waals surface area contributed by atoms with E-state index in [1.807, 2.05) is 76.2 Å². The zero-order valence-corrected chi connectivity index (χ0v) is 19.2. The summed E-state index contributed by atoms with van der Waals surface area (Å²) in [6, 6.07) is 0. The van der Waals surface area contributed by atoms with Gasteiger partial charge in [-0.25, -0.2) is 0 Å². The van der Waals surface area contributed by atoms with Gasteiger partial charge in [-0.1, -0.05) is 0 Å². The van der Waals surface area contributed by atoms with Crippen molar-refractivity contribution in [2.45, 2.75) is 122 Å². The van der Waals surface area contributed by atoms with Gasteiger partial charge in [-0.2, -0.15) is 0 Å². The molecule has 1 radical (unpaired) electrons. The van der Waals surface area contributed by atoms with E-state index >= 15 is 0 Å². The molecule has 0 N–H and O–H groups in total. The van der Waals surface area contributed by atoms with Crippen LogP contribution in [0.4, 0.5) is 0 Å². The first-order valence-electron chi connectivity index (χ1n) is 9.61. The van der Waals surface area contributed by atoms with Crippen molar-refractivity contribution < 1.29 is 18.1 Å². The summed E-state index contributed by atoms with van der Waals surface area (Å²) >= 11 is 0. The molecule has 1 unspecified atom stereocenters. The molecule has 3 saturated heterocycles. The third-order valence-electron chi connectivity index (χ3n) is 7.43. The van der Waals surface area contributed by atoms with Crippen LogP contribution in [-0.2, 0) is 18.1 Å². The van der Waals surface area contributed by atoms with Crippen molar-refractivity contribution in [3.05, 3.63) is 5.21 Å². The van der Waals surface area contributed by atoms with Crippen molar-refractivity contribution in [2.75, 3.05) is 0 Å². The Labute approximate surface area is 158 Å². The van der Waals surface area contributed by atoms with Gasteiger partial charge in [0.25, 0.3) is 0 Å². The third-order valence-corrected chi connectivity index (χ3v) is 12.5. The topological polar surface area (TPSA) is 65.9 Å². The predicted octanol–water partition coefficient (Wildman–Crippen LogP) is 5.33. The van der Waals surface area contributed by atoms with E-state index in [0.29, 0.717) is 6.42 Å². The molecule has 3 heterocycles.